The minimum absolute atomic E-state index is 0.00670. The number of aliphatic hydroxyl groups excluding tert-OH is 1. The molecule has 0 spiro atoms. The van der Waals surface area contributed by atoms with Crippen molar-refractivity contribution < 1.29 is 23.8 Å². The molecule has 2 aromatic carbocycles. The van der Waals surface area contributed by atoms with E-state index in [1.165, 1.54) is 23.1 Å². The number of aliphatic hydroxyl groups is 1. The summed E-state index contributed by atoms with van der Waals surface area (Å²) in [4.78, 5) is 26.3. The molecule has 1 aliphatic heterocycles. The number of likely N-dealkylation sites (N-methyl/N-ethyl adjacent to an activating group) is 1. The number of benzene rings is 2. The van der Waals surface area contributed by atoms with Crippen LogP contribution in [-0.2, 0) is 14.3 Å². The molecule has 6 nitrogen and oxygen atoms in total. The topological polar surface area (TPSA) is 78.9 Å². The number of carbonyl (C=O) groups is 2. The molecule has 1 saturated heterocycles. The molecule has 0 aromatic heterocycles. The van der Waals surface area contributed by atoms with Gasteiger partial charge in [0.2, 0.25) is 5.91 Å². The monoisotopic (exact) mass is 414 g/mol. The van der Waals surface area contributed by atoms with Gasteiger partial charge < -0.3 is 20.1 Å². The summed E-state index contributed by atoms with van der Waals surface area (Å²) in [5.74, 6) is -0.836. The quantitative estimate of drug-likeness (QED) is 0.762. The minimum atomic E-state index is -1.01. The fourth-order valence-corrected chi connectivity index (χ4v) is 3.54. The molecule has 0 aliphatic carbocycles. The second-order valence-corrected chi connectivity index (χ2v) is 7.82. The molecule has 7 heteroatoms. The van der Waals surface area contributed by atoms with Gasteiger partial charge in [-0.25, -0.2) is 4.39 Å². The molecule has 3 rings (SSSR count). The first kappa shape index (κ1) is 21.9. The highest BCUT2D eigenvalue weighted by atomic mass is 19.1. The number of rotatable bonds is 6. The number of nitrogens with zero attached hydrogens (tertiary/aromatic N) is 1. The second-order valence-electron chi connectivity index (χ2n) is 7.82. The predicted molar refractivity (Wildman–Crippen MR) is 110 cm³/mol. The molecule has 3 atom stereocenters. The molecule has 2 N–H and O–H groups in total. The van der Waals surface area contributed by atoms with E-state index in [-0.39, 0.29) is 19.1 Å². The molecular formula is C23H27FN2O4. The Labute approximate surface area is 175 Å². The van der Waals surface area contributed by atoms with Gasteiger partial charge in [0.1, 0.15) is 12.4 Å². The van der Waals surface area contributed by atoms with Crippen LogP contribution in [0.3, 0.4) is 0 Å². The Morgan fingerprint density at radius 1 is 1.23 bits per heavy atom. The summed E-state index contributed by atoms with van der Waals surface area (Å²) in [6.45, 7) is 3.94. The lowest BCUT2D eigenvalue weighted by molar-refractivity contribution is -0.162. The van der Waals surface area contributed by atoms with Crippen molar-refractivity contribution >= 4 is 11.8 Å². The Bertz CT molecular complexity index is 900. The van der Waals surface area contributed by atoms with Crippen LogP contribution < -0.4 is 5.32 Å². The van der Waals surface area contributed by atoms with Gasteiger partial charge in [-0.3, -0.25) is 9.59 Å². The van der Waals surface area contributed by atoms with Crippen LogP contribution in [0, 0.1) is 5.82 Å². The molecule has 3 unspecified atom stereocenters. The fourth-order valence-electron chi connectivity index (χ4n) is 3.54. The first-order chi connectivity index (χ1) is 14.3. The van der Waals surface area contributed by atoms with Gasteiger partial charge in [-0.05, 0) is 34.7 Å². The summed E-state index contributed by atoms with van der Waals surface area (Å²) >= 11 is 0. The van der Waals surface area contributed by atoms with Crippen molar-refractivity contribution in [3.8, 4) is 0 Å². The van der Waals surface area contributed by atoms with Crippen LogP contribution in [0.5, 0.6) is 0 Å². The van der Waals surface area contributed by atoms with Crippen LogP contribution in [0.25, 0.3) is 0 Å². The molecule has 0 saturated carbocycles. The summed E-state index contributed by atoms with van der Waals surface area (Å²) in [7, 11) is 1.56. The van der Waals surface area contributed by atoms with E-state index in [9.17, 15) is 19.1 Å². The lowest BCUT2D eigenvalue weighted by atomic mass is 9.97. The first-order valence-corrected chi connectivity index (χ1v) is 9.96. The lowest BCUT2D eigenvalue weighted by Gasteiger charge is -2.38. The highest BCUT2D eigenvalue weighted by Crippen LogP contribution is 2.29. The van der Waals surface area contributed by atoms with Crippen LogP contribution in [0.1, 0.15) is 48.6 Å². The standard InChI is InChI=1S/C23H27FN2O4/c1-14(2)15-7-9-16(10-8-15)19(27)12-25-23(29)22-21(26(3)20(28)13-30-22)17-5-4-6-18(24)11-17/h4-11,14,19,21-22,27H,12-13H2,1-3H3,(H,25,29). The maximum Gasteiger partial charge on any atom is 0.251 e. The summed E-state index contributed by atoms with van der Waals surface area (Å²) in [6, 6.07) is 12.6. The highest BCUT2D eigenvalue weighted by Gasteiger charge is 2.40. The average molecular weight is 414 g/mol. The SMILES string of the molecule is CC(C)c1ccc(C(O)CNC(=O)C2OCC(=O)N(C)C2c2cccc(F)c2)cc1. The molecule has 160 valence electrons. The fraction of sp³-hybridized carbons (Fsp3) is 0.391. The Morgan fingerprint density at radius 2 is 1.90 bits per heavy atom. The number of hydrogen-bond acceptors (Lipinski definition) is 4. The van der Waals surface area contributed by atoms with Gasteiger partial charge in [0, 0.05) is 13.6 Å². The van der Waals surface area contributed by atoms with Crippen molar-refractivity contribution in [2.75, 3.05) is 20.2 Å². The van der Waals surface area contributed by atoms with E-state index in [4.69, 9.17) is 4.74 Å². The Hall–Kier alpha value is -2.77. The lowest BCUT2D eigenvalue weighted by Crippen LogP contribution is -2.53. The molecule has 2 aromatic rings. The second kappa shape index (κ2) is 9.36. The van der Waals surface area contributed by atoms with Gasteiger partial charge in [-0.1, -0.05) is 50.2 Å². The van der Waals surface area contributed by atoms with Crippen molar-refractivity contribution in [3.05, 3.63) is 71.0 Å². The van der Waals surface area contributed by atoms with Crippen molar-refractivity contribution in [2.45, 2.75) is 38.0 Å². The van der Waals surface area contributed by atoms with Gasteiger partial charge in [0.25, 0.3) is 5.91 Å². The van der Waals surface area contributed by atoms with E-state index in [1.807, 2.05) is 24.3 Å². The normalized spacial score (nSPS) is 20.3. The first-order valence-electron chi connectivity index (χ1n) is 9.96. The van der Waals surface area contributed by atoms with E-state index in [0.717, 1.165) is 5.56 Å². The van der Waals surface area contributed by atoms with Crippen molar-refractivity contribution in [3.63, 3.8) is 0 Å². The molecule has 2 amide bonds. The average Bonchev–Trinajstić information content (AvgIpc) is 2.73. The number of amides is 2. The summed E-state index contributed by atoms with van der Waals surface area (Å²) < 4.78 is 19.2. The van der Waals surface area contributed by atoms with E-state index in [0.29, 0.717) is 17.0 Å². The van der Waals surface area contributed by atoms with Crippen LogP contribution in [0.15, 0.2) is 48.5 Å². The maximum atomic E-state index is 13.7. The van der Waals surface area contributed by atoms with Crippen LogP contribution in [0.2, 0.25) is 0 Å². The summed E-state index contributed by atoms with van der Waals surface area (Å²) in [6.07, 6.45) is -1.89. The van der Waals surface area contributed by atoms with Crippen molar-refractivity contribution in [2.24, 2.45) is 0 Å². The summed E-state index contributed by atoms with van der Waals surface area (Å²) in [5, 5.41) is 13.1. The predicted octanol–water partition coefficient (Wildman–Crippen LogP) is 2.70. The number of carbonyl (C=O) groups excluding carboxylic acids is 2. The third-order valence-electron chi connectivity index (χ3n) is 5.39. The molecule has 1 fully saturated rings. The maximum absolute atomic E-state index is 13.7. The van der Waals surface area contributed by atoms with Crippen molar-refractivity contribution in [1.82, 2.24) is 10.2 Å². The largest absolute Gasteiger partial charge is 0.387 e. The van der Waals surface area contributed by atoms with Gasteiger partial charge in [-0.2, -0.15) is 0 Å². The molecule has 1 heterocycles. The Kier molecular flexibility index (Phi) is 6.84. The van der Waals surface area contributed by atoms with Gasteiger partial charge in [0.05, 0.1) is 12.1 Å². The summed E-state index contributed by atoms with van der Waals surface area (Å²) in [5.41, 5.74) is 2.32. The van der Waals surface area contributed by atoms with Gasteiger partial charge >= 0.3 is 0 Å². The highest BCUT2D eigenvalue weighted by molar-refractivity contribution is 5.86. The number of nitrogens with one attached hydrogen (secondary N) is 1. The van der Waals surface area contributed by atoms with E-state index in [2.05, 4.69) is 19.2 Å². The van der Waals surface area contributed by atoms with Gasteiger partial charge in [-0.15, -0.1) is 0 Å². The van der Waals surface area contributed by atoms with Crippen molar-refractivity contribution in [1.29, 1.82) is 0 Å². The number of halogens is 1. The third kappa shape index (κ3) is 4.86. The number of morpholine rings is 1. The van der Waals surface area contributed by atoms with E-state index < -0.39 is 30.0 Å². The number of ether oxygens (including phenoxy) is 1. The van der Waals surface area contributed by atoms with Crippen LogP contribution in [-0.4, -0.2) is 48.1 Å². The molecular weight excluding hydrogens is 387 g/mol. The Morgan fingerprint density at radius 3 is 2.53 bits per heavy atom. The smallest absolute Gasteiger partial charge is 0.251 e. The zero-order valence-corrected chi connectivity index (χ0v) is 17.3. The molecule has 1 aliphatic rings. The number of hydrogen-bond donors (Lipinski definition) is 2. The molecule has 0 radical (unpaired) electrons. The Balaban J connectivity index is 1.70. The third-order valence-corrected chi connectivity index (χ3v) is 5.39. The molecule has 0 bridgehead atoms. The van der Waals surface area contributed by atoms with Crippen LogP contribution in [0.4, 0.5) is 4.39 Å². The minimum Gasteiger partial charge on any atom is -0.387 e. The zero-order chi connectivity index (χ0) is 21.8. The van der Waals surface area contributed by atoms with E-state index >= 15 is 0 Å². The molecule has 30 heavy (non-hydrogen) atoms. The van der Waals surface area contributed by atoms with Gasteiger partial charge in [0.15, 0.2) is 6.10 Å². The van der Waals surface area contributed by atoms with E-state index in [1.54, 1.807) is 13.1 Å². The van der Waals surface area contributed by atoms with Crippen LogP contribution >= 0.6 is 0 Å². The zero-order valence-electron chi connectivity index (χ0n) is 17.3.